The number of fused-ring (bicyclic) bond motifs is 1. The van der Waals surface area contributed by atoms with Gasteiger partial charge in [0.25, 0.3) is 0 Å². The molecule has 1 N–H and O–H groups in total. The first-order valence-corrected chi connectivity index (χ1v) is 7.76. The fraction of sp³-hybridized carbons (Fsp3) is 0.562. The van der Waals surface area contributed by atoms with Crippen LogP contribution in [0.5, 0.6) is 0 Å². The maximum absolute atomic E-state index is 4.72. The van der Waals surface area contributed by atoms with E-state index in [1.807, 2.05) is 0 Å². The van der Waals surface area contributed by atoms with Gasteiger partial charge in [-0.2, -0.15) is 5.10 Å². The second kappa shape index (κ2) is 6.37. The number of para-hydroxylation sites is 1. The van der Waals surface area contributed by atoms with Crippen LogP contribution in [0.4, 0.5) is 0 Å². The smallest absolute Gasteiger partial charge is 0.0841 e. The summed E-state index contributed by atoms with van der Waals surface area (Å²) in [6.07, 6.45) is 2.73. The Hall–Kier alpha value is -1.39. The molecule has 3 rings (SSSR count). The van der Waals surface area contributed by atoms with Crippen LogP contribution in [-0.2, 0) is 13.1 Å². The summed E-state index contributed by atoms with van der Waals surface area (Å²) in [5.74, 6) is 0. The first kappa shape index (κ1) is 13.6. The molecule has 0 aliphatic carbocycles. The van der Waals surface area contributed by atoms with Crippen LogP contribution in [0.25, 0.3) is 10.9 Å². The fourth-order valence-corrected chi connectivity index (χ4v) is 3.02. The average molecular weight is 272 g/mol. The molecule has 1 aliphatic rings. The molecule has 1 aromatic heterocycles. The fourth-order valence-electron chi connectivity index (χ4n) is 3.02. The maximum atomic E-state index is 4.72. The summed E-state index contributed by atoms with van der Waals surface area (Å²) >= 11 is 0. The second-order valence-electron chi connectivity index (χ2n) is 5.51. The van der Waals surface area contributed by atoms with Gasteiger partial charge in [0.1, 0.15) is 0 Å². The standard InChI is InChI=1S/C16H24N4/c1-2-20-16-8-4-3-7-14(16)15(18-20)13-17-9-12-19-10-5-6-11-19/h3-4,7-8,17H,2,5-6,9-13H2,1H3. The molecule has 1 aromatic carbocycles. The van der Waals surface area contributed by atoms with Crippen molar-refractivity contribution in [1.82, 2.24) is 20.0 Å². The molecule has 0 radical (unpaired) electrons. The lowest BCUT2D eigenvalue weighted by Gasteiger charge is -2.14. The van der Waals surface area contributed by atoms with Gasteiger partial charge in [0, 0.05) is 31.6 Å². The number of aromatic nitrogens is 2. The molecule has 0 spiro atoms. The van der Waals surface area contributed by atoms with Crippen molar-refractivity contribution in [1.29, 1.82) is 0 Å². The second-order valence-corrected chi connectivity index (χ2v) is 5.51. The van der Waals surface area contributed by atoms with Crippen molar-refractivity contribution < 1.29 is 0 Å². The molecule has 1 fully saturated rings. The summed E-state index contributed by atoms with van der Waals surface area (Å²) in [4.78, 5) is 2.54. The lowest BCUT2D eigenvalue weighted by atomic mass is 10.2. The molecule has 0 amide bonds. The summed E-state index contributed by atoms with van der Waals surface area (Å²) in [5.41, 5.74) is 2.41. The summed E-state index contributed by atoms with van der Waals surface area (Å²) in [7, 11) is 0. The van der Waals surface area contributed by atoms with Gasteiger partial charge in [-0.15, -0.1) is 0 Å². The molecule has 4 heteroatoms. The number of nitrogens with one attached hydrogen (secondary N) is 1. The third-order valence-corrected chi connectivity index (χ3v) is 4.13. The van der Waals surface area contributed by atoms with Gasteiger partial charge in [0.2, 0.25) is 0 Å². The van der Waals surface area contributed by atoms with Gasteiger partial charge in [-0.05, 0) is 38.9 Å². The minimum Gasteiger partial charge on any atom is -0.310 e. The van der Waals surface area contributed by atoms with Crippen molar-refractivity contribution in [3.8, 4) is 0 Å². The molecule has 1 saturated heterocycles. The van der Waals surface area contributed by atoms with Gasteiger partial charge in [0.15, 0.2) is 0 Å². The minimum absolute atomic E-state index is 0.862. The molecule has 0 saturated carbocycles. The zero-order valence-corrected chi connectivity index (χ0v) is 12.3. The topological polar surface area (TPSA) is 33.1 Å². The first-order chi connectivity index (χ1) is 9.88. The quantitative estimate of drug-likeness (QED) is 0.819. The normalized spacial score (nSPS) is 16.2. The number of benzene rings is 1. The van der Waals surface area contributed by atoms with E-state index in [4.69, 9.17) is 5.10 Å². The van der Waals surface area contributed by atoms with E-state index in [0.29, 0.717) is 0 Å². The summed E-state index contributed by atoms with van der Waals surface area (Å²) in [6.45, 7) is 8.68. The molecular formula is C16H24N4. The van der Waals surface area contributed by atoms with E-state index in [2.05, 4.69) is 46.1 Å². The molecule has 20 heavy (non-hydrogen) atoms. The molecule has 2 aromatic rings. The lowest BCUT2D eigenvalue weighted by Crippen LogP contribution is -2.29. The highest BCUT2D eigenvalue weighted by Crippen LogP contribution is 2.18. The van der Waals surface area contributed by atoms with Crippen LogP contribution in [0, 0.1) is 0 Å². The Labute approximate surface area is 120 Å². The third kappa shape index (κ3) is 2.86. The summed E-state index contributed by atoms with van der Waals surface area (Å²) < 4.78 is 2.09. The highest BCUT2D eigenvalue weighted by molar-refractivity contribution is 5.81. The van der Waals surface area contributed by atoms with Crippen LogP contribution in [0.3, 0.4) is 0 Å². The highest BCUT2D eigenvalue weighted by atomic mass is 15.3. The Balaban J connectivity index is 1.59. The van der Waals surface area contributed by atoms with Gasteiger partial charge >= 0.3 is 0 Å². The van der Waals surface area contributed by atoms with Crippen LogP contribution >= 0.6 is 0 Å². The first-order valence-electron chi connectivity index (χ1n) is 7.76. The van der Waals surface area contributed by atoms with Crippen molar-refractivity contribution in [2.45, 2.75) is 32.9 Å². The van der Waals surface area contributed by atoms with E-state index in [9.17, 15) is 0 Å². The molecular weight excluding hydrogens is 248 g/mol. The predicted molar refractivity (Wildman–Crippen MR) is 82.8 cm³/mol. The van der Waals surface area contributed by atoms with Crippen molar-refractivity contribution in [3.05, 3.63) is 30.0 Å². The van der Waals surface area contributed by atoms with Crippen LogP contribution in [0.1, 0.15) is 25.5 Å². The van der Waals surface area contributed by atoms with E-state index in [0.717, 1.165) is 26.2 Å². The summed E-state index contributed by atoms with van der Waals surface area (Å²) in [5, 5.41) is 9.54. The van der Waals surface area contributed by atoms with Crippen molar-refractivity contribution in [2.24, 2.45) is 0 Å². The number of hydrogen-bond acceptors (Lipinski definition) is 3. The monoisotopic (exact) mass is 272 g/mol. The molecule has 1 aliphatic heterocycles. The molecule has 0 atom stereocenters. The molecule has 108 valence electrons. The Kier molecular flexibility index (Phi) is 4.33. The van der Waals surface area contributed by atoms with Crippen LogP contribution < -0.4 is 5.32 Å². The van der Waals surface area contributed by atoms with E-state index < -0.39 is 0 Å². The average Bonchev–Trinajstić information content (AvgIpc) is 3.11. The number of aryl methyl sites for hydroxylation is 1. The number of rotatable bonds is 6. The summed E-state index contributed by atoms with van der Waals surface area (Å²) in [6, 6.07) is 8.50. The Morgan fingerprint density at radius 1 is 1.20 bits per heavy atom. The molecule has 4 nitrogen and oxygen atoms in total. The maximum Gasteiger partial charge on any atom is 0.0841 e. The van der Waals surface area contributed by atoms with Gasteiger partial charge in [-0.3, -0.25) is 4.68 Å². The van der Waals surface area contributed by atoms with E-state index >= 15 is 0 Å². The zero-order chi connectivity index (χ0) is 13.8. The molecule has 0 bridgehead atoms. The van der Waals surface area contributed by atoms with Crippen LogP contribution in [0.15, 0.2) is 24.3 Å². The minimum atomic E-state index is 0.862. The Bertz CT molecular complexity index is 555. The Morgan fingerprint density at radius 3 is 2.80 bits per heavy atom. The predicted octanol–water partition coefficient (Wildman–Crippen LogP) is 2.24. The van der Waals surface area contributed by atoms with Crippen LogP contribution in [-0.4, -0.2) is 40.9 Å². The number of hydrogen-bond donors (Lipinski definition) is 1. The van der Waals surface area contributed by atoms with E-state index in [1.165, 1.54) is 42.5 Å². The van der Waals surface area contributed by atoms with Crippen molar-refractivity contribution >= 4 is 10.9 Å². The van der Waals surface area contributed by atoms with Gasteiger partial charge in [-0.1, -0.05) is 18.2 Å². The highest BCUT2D eigenvalue weighted by Gasteiger charge is 2.11. The zero-order valence-electron chi connectivity index (χ0n) is 12.3. The van der Waals surface area contributed by atoms with Crippen molar-refractivity contribution in [2.75, 3.05) is 26.2 Å². The van der Waals surface area contributed by atoms with Gasteiger partial charge in [0.05, 0.1) is 11.2 Å². The number of nitrogens with zero attached hydrogens (tertiary/aromatic N) is 3. The SMILES string of the molecule is CCn1nc(CNCCN2CCCC2)c2ccccc21. The molecule has 2 heterocycles. The van der Waals surface area contributed by atoms with Gasteiger partial charge in [-0.25, -0.2) is 0 Å². The largest absolute Gasteiger partial charge is 0.310 e. The molecule has 0 unspecified atom stereocenters. The van der Waals surface area contributed by atoms with E-state index in [1.54, 1.807) is 0 Å². The Morgan fingerprint density at radius 2 is 2.00 bits per heavy atom. The number of likely N-dealkylation sites (tertiary alicyclic amines) is 1. The van der Waals surface area contributed by atoms with E-state index in [-0.39, 0.29) is 0 Å². The van der Waals surface area contributed by atoms with Crippen LogP contribution in [0.2, 0.25) is 0 Å². The third-order valence-electron chi connectivity index (χ3n) is 4.13. The van der Waals surface area contributed by atoms with Crippen molar-refractivity contribution in [3.63, 3.8) is 0 Å². The van der Waals surface area contributed by atoms with Gasteiger partial charge < -0.3 is 10.2 Å². The lowest BCUT2D eigenvalue weighted by molar-refractivity contribution is 0.335.